The minimum Gasteiger partial charge on any atom is -0.465 e. The summed E-state index contributed by atoms with van der Waals surface area (Å²) in [6, 6.07) is 14.3. The van der Waals surface area contributed by atoms with Crippen molar-refractivity contribution >= 4 is 30.9 Å². The summed E-state index contributed by atoms with van der Waals surface area (Å²) in [5.74, 6) is -0.498. The van der Waals surface area contributed by atoms with E-state index in [-0.39, 0.29) is 13.2 Å². The Morgan fingerprint density at radius 2 is 1.71 bits per heavy atom. The van der Waals surface area contributed by atoms with E-state index in [0.29, 0.717) is 22.3 Å². The van der Waals surface area contributed by atoms with Crippen molar-refractivity contribution < 1.29 is 28.4 Å². The number of nitrogens with one attached hydrogen (secondary N) is 1. The summed E-state index contributed by atoms with van der Waals surface area (Å²) in [6.45, 7) is 8.04. The fraction of sp³-hybridized carbons (Fsp3) is 0.360. The van der Waals surface area contributed by atoms with E-state index in [9.17, 15) is 9.59 Å². The SMILES string of the molecule is COC(=O)c1cc(N)cc(C=C(CNC(=O)OCc2ccccc2)B2OC(C)(C)C(C)(C)O2)c1. The molecular formula is C25H31BN2O6. The predicted octanol–water partition coefficient (Wildman–Crippen LogP) is 4.00. The molecule has 0 saturated carbocycles. The maximum absolute atomic E-state index is 12.4. The number of nitrogens with two attached hydrogens (primary N) is 1. The van der Waals surface area contributed by atoms with E-state index >= 15 is 0 Å². The van der Waals surface area contributed by atoms with Gasteiger partial charge in [-0.2, -0.15) is 0 Å². The molecule has 3 rings (SSSR count). The van der Waals surface area contributed by atoms with Crippen molar-refractivity contribution in [2.75, 3.05) is 19.4 Å². The summed E-state index contributed by atoms with van der Waals surface area (Å²) >= 11 is 0. The molecular weight excluding hydrogens is 435 g/mol. The van der Waals surface area contributed by atoms with Crippen LogP contribution in [0.4, 0.5) is 10.5 Å². The van der Waals surface area contributed by atoms with Crippen LogP contribution in [0.15, 0.2) is 54.0 Å². The Labute approximate surface area is 200 Å². The molecule has 0 atom stereocenters. The monoisotopic (exact) mass is 466 g/mol. The Morgan fingerprint density at radius 3 is 2.32 bits per heavy atom. The average molecular weight is 466 g/mol. The van der Waals surface area contributed by atoms with Gasteiger partial charge in [0.25, 0.3) is 0 Å². The van der Waals surface area contributed by atoms with Gasteiger partial charge in [0.05, 0.1) is 23.9 Å². The summed E-state index contributed by atoms with van der Waals surface area (Å²) in [6.07, 6.45) is 1.21. The number of hydrogen-bond acceptors (Lipinski definition) is 7. The molecule has 8 nitrogen and oxygen atoms in total. The van der Waals surface area contributed by atoms with Crippen LogP contribution in [0.2, 0.25) is 0 Å². The maximum atomic E-state index is 12.4. The zero-order valence-corrected chi connectivity index (χ0v) is 20.2. The van der Waals surface area contributed by atoms with Gasteiger partial charge >= 0.3 is 19.2 Å². The Kier molecular flexibility index (Phi) is 7.69. The number of alkyl carbamates (subject to hydrolysis) is 1. The summed E-state index contributed by atoms with van der Waals surface area (Å²) in [5.41, 5.74) is 7.73. The van der Waals surface area contributed by atoms with Gasteiger partial charge < -0.3 is 29.8 Å². The van der Waals surface area contributed by atoms with Crippen LogP contribution in [0.1, 0.15) is 49.2 Å². The first kappa shape index (κ1) is 25.3. The highest BCUT2D eigenvalue weighted by atomic mass is 16.7. The topological polar surface area (TPSA) is 109 Å². The number of hydrogen-bond donors (Lipinski definition) is 2. The first-order valence-electron chi connectivity index (χ1n) is 11.0. The van der Waals surface area contributed by atoms with Gasteiger partial charge in [-0.15, -0.1) is 0 Å². The van der Waals surface area contributed by atoms with Crippen LogP contribution < -0.4 is 11.1 Å². The number of rotatable bonds is 7. The summed E-state index contributed by atoms with van der Waals surface area (Å²) < 4.78 is 22.5. The lowest BCUT2D eigenvalue weighted by Gasteiger charge is -2.32. The molecule has 1 saturated heterocycles. The van der Waals surface area contributed by atoms with Crippen LogP contribution in [0, 0.1) is 0 Å². The number of methoxy groups -OCH3 is 1. The highest BCUT2D eigenvalue weighted by Crippen LogP contribution is 2.38. The standard InChI is InChI=1S/C25H31BN2O6/c1-24(2)25(3,4)34-26(33-24)20(12-18-11-19(22(29)31-5)14-21(27)13-18)15-28-23(30)32-16-17-9-7-6-8-10-17/h6-14H,15-16,27H2,1-5H3,(H,28,30). The molecule has 1 heterocycles. The van der Waals surface area contributed by atoms with Crippen LogP contribution in [0.5, 0.6) is 0 Å². The molecule has 0 unspecified atom stereocenters. The van der Waals surface area contributed by atoms with Gasteiger partial charge in [-0.1, -0.05) is 36.4 Å². The number of benzene rings is 2. The normalized spacial score (nSPS) is 16.7. The molecule has 1 aliphatic heterocycles. The summed E-state index contributed by atoms with van der Waals surface area (Å²) in [5, 5.41) is 2.76. The van der Waals surface area contributed by atoms with Crippen molar-refractivity contribution in [3.8, 4) is 0 Å². The summed E-state index contributed by atoms with van der Waals surface area (Å²) in [7, 11) is 0.587. The number of esters is 1. The minimum atomic E-state index is -0.720. The zero-order valence-electron chi connectivity index (χ0n) is 20.2. The Balaban J connectivity index is 1.81. The molecule has 1 fully saturated rings. The molecule has 180 valence electrons. The molecule has 2 aromatic carbocycles. The van der Waals surface area contributed by atoms with Gasteiger partial charge in [0.15, 0.2) is 0 Å². The third kappa shape index (κ3) is 6.18. The third-order valence-corrected chi connectivity index (χ3v) is 5.96. The second-order valence-corrected chi connectivity index (χ2v) is 9.10. The first-order valence-corrected chi connectivity index (χ1v) is 11.0. The van der Waals surface area contributed by atoms with Crippen molar-refractivity contribution in [2.24, 2.45) is 0 Å². The van der Waals surface area contributed by atoms with Gasteiger partial charge in [0, 0.05) is 12.2 Å². The molecule has 0 radical (unpaired) electrons. The second-order valence-electron chi connectivity index (χ2n) is 9.10. The van der Waals surface area contributed by atoms with Crippen LogP contribution in [-0.2, 0) is 25.4 Å². The molecule has 0 aromatic heterocycles. The third-order valence-electron chi connectivity index (χ3n) is 5.96. The molecule has 3 N–H and O–H groups in total. The van der Waals surface area contributed by atoms with Crippen molar-refractivity contribution in [3.05, 3.63) is 70.7 Å². The van der Waals surface area contributed by atoms with E-state index in [1.54, 1.807) is 18.2 Å². The van der Waals surface area contributed by atoms with Crippen molar-refractivity contribution in [3.63, 3.8) is 0 Å². The Hall–Kier alpha value is -3.30. The van der Waals surface area contributed by atoms with Gasteiger partial charge in [-0.3, -0.25) is 0 Å². The van der Waals surface area contributed by atoms with Gasteiger partial charge in [0.1, 0.15) is 6.61 Å². The molecule has 9 heteroatoms. The maximum Gasteiger partial charge on any atom is 0.492 e. The second kappa shape index (κ2) is 10.3. The van der Waals surface area contributed by atoms with Gasteiger partial charge in [0.2, 0.25) is 0 Å². The van der Waals surface area contributed by atoms with Crippen molar-refractivity contribution in [1.29, 1.82) is 0 Å². The molecule has 1 aliphatic rings. The van der Waals surface area contributed by atoms with Crippen molar-refractivity contribution in [2.45, 2.75) is 45.5 Å². The Morgan fingerprint density at radius 1 is 1.06 bits per heavy atom. The Bertz CT molecular complexity index is 1050. The van der Waals surface area contributed by atoms with Gasteiger partial charge in [-0.05, 0) is 62.5 Å². The lowest BCUT2D eigenvalue weighted by molar-refractivity contribution is 0.00578. The highest BCUT2D eigenvalue weighted by molar-refractivity contribution is 6.56. The van der Waals surface area contributed by atoms with Gasteiger partial charge in [-0.25, -0.2) is 9.59 Å². The zero-order chi connectivity index (χ0) is 24.9. The number of ether oxygens (including phenoxy) is 2. The molecule has 0 aliphatic carbocycles. The largest absolute Gasteiger partial charge is 0.492 e. The number of nitrogen functional groups attached to an aromatic ring is 1. The highest BCUT2D eigenvalue weighted by Gasteiger charge is 2.52. The lowest BCUT2D eigenvalue weighted by atomic mass is 9.77. The number of carbonyl (C=O) groups is 2. The molecule has 1 amide bonds. The molecule has 0 bridgehead atoms. The minimum absolute atomic E-state index is 0.104. The van der Waals surface area contributed by atoms with E-state index < -0.39 is 30.4 Å². The van der Waals surface area contributed by atoms with E-state index in [1.807, 2.05) is 58.0 Å². The predicted molar refractivity (Wildman–Crippen MR) is 131 cm³/mol. The van der Waals surface area contributed by atoms with Crippen LogP contribution in [-0.4, -0.2) is 44.0 Å². The van der Waals surface area contributed by atoms with Crippen LogP contribution in [0.3, 0.4) is 0 Å². The summed E-state index contributed by atoms with van der Waals surface area (Å²) in [4.78, 5) is 24.4. The number of anilines is 1. The molecule has 34 heavy (non-hydrogen) atoms. The lowest BCUT2D eigenvalue weighted by Crippen LogP contribution is -2.41. The number of carbonyl (C=O) groups excluding carboxylic acids is 2. The quantitative estimate of drug-likeness (QED) is 0.361. The van der Waals surface area contributed by atoms with Crippen molar-refractivity contribution in [1.82, 2.24) is 5.32 Å². The smallest absolute Gasteiger partial charge is 0.465 e. The fourth-order valence-electron chi connectivity index (χ4n) is 3.35. The van der Waals surface area contributed by atoms with E-state index in [1.165, 1.54) is 13.2 Å². The molecule has 2 aromatic rings. The van der Waals surface area contributed by atoms with E-state index in [4.69, 9.17) is 24.5 Å². The number of amides is 1. The van der Waals surface area contributed by atoms with E-state index in [2.05, 4.69) is 5.32 Å². The van der Waals surface area contributed by atoms with Crippen LogP contribution >= 0.6 is 0 Å². The molecule has 0 spiro atoms. The first-order chi connectivity index (χ1) is 16.0. The van der Waals surface area contributed by atoms with E-state index in [0.717, 1.165) is 5.56 Å². The van der Waals surface area contributed by atoms with Crippen LogP contribution in [0.25, 0.3) is 6.08 Å². The average Bonchev–Trinajstić information content (AvgIpc) is 3.01. The fourth-order valence-corrected chi connectivity index (χ4v) is 3.35.